The summed E-state index contributed by atoms with van der Waals surface area (Å²) in [6.07, 6.45) is 3.64. The molecule has 0 amide bonds. The lowest BCUT2D eigenvalue weighted by atomic mass is 10.1. The standard InChI is InChI=1S/C10H11N3S/c1-7(2)9-4-3-8(5-11-9)10-6-12-13-14-10/h3-7H,1-2H3. The molecule has 0 aliphatic heterocycles. The third-order valence-electron chi connectivity index (χ3n) is 2.02. The lowest BCUT2D eigenvalue weighted by Crippen LogP contribution is -1.91. The van der Waals surface area contributed by atoms with Crippen LogP contribution >= 0.6 is 11.5 Å². The molecule has 4 heteroatoms. The van der Waals surface area contributed by atoms with E-state index in [1.54, 1.807) is 6.20 Å². The minimum atomic E-state index is 0.476. The highest BCUT2D eigenvalue weighted by Crippen LogP contribution is 2.22. The molecule has 0 unspecified atom stereocenters. The molecule has 0 radical (unpaired) electrons. The topological polar surface area (TPSA) is 38.7 Å². The van der Waals surface area contributed by atoms with Crippen LogP contribution in [0.4, 0.5) is 0 Å². The summed E-state index contributed by atoms with van der Waals surface area (Å²) >= 11 is 1.39. The number of nitrogens with zero attached hydrogens (tertiary/aromatic N) is 3. The van der Waals surface area contributed by atoms with Crippen LogP contribution in [0.5, 0.6) is 0 Å². The van der Waals surface area contributed by atoms with Gasteiger partial charge in [-0.15, -0.1) is 5.10 Å². The summed E-state index contributed by atoms with van der Waals surface area (Å²) in [6.45, 7) is 4.27. The maximum Gasteiger partial charge on any atom is 0.0769 e. The Labute approximate surface area is 87.0 Å². The van der Waals surface area contributed by atoms with E-state index in [0.717, 1.165) is 16.1 Å². The second-order valence-electron chi connectivity index (χ2n) is 3.41. The van der Waals surface area contributed by atoms with E-state index >= 15 is 0 Å². The van der Waals surface area contributed by atoms with E-state index in [1.165, 1.54) is 11.5 Å². The van der Waals surface area contributed by atoms with Crippen LogP contribution in [0, 0.1) is 0 Å². The monoisotopic (exact) mass is 205 g/mol. The molecule has 0 aliphatic carbocycles. The fourth-order valence-corrected chi connectivity index (χ4v) is 1.69. The number of hydrogen-bond acceptors (Lipinski definition) is 4. The van der Waals surface area contributed by atoms with Crippen molar-refractivity contribution in [3.8, 4) is 10.4 Å². The Morgan fingerprint density at radius 3 is 2.57 bits per heavy atom. The largest absolute Gasteiger partial charge is 0.260 e. The summed E-state index contributed by atoms with van der Waals surface area (Å²) in [5, 5.41) is 3.80. The number of aromatic nitrogens is 3. The summed E-state index contributed by atoms with van der Waals surface area (Å²) < 4.78 is 3.82. The Morgan fingerprint density at radius 1 is 1.21 bits per heavy atom. The van der Waals surface area contributed by atoms with Gasteiger partial charge in [-0.05, 0) is 23.5 Å². The van der Waals surface area contributed by atoms with Gasteiger partial charge in [0.15, 0.2) is 0 Å². The van der Waals surface area contributed by atoms with Gasteiger partial charge in [0.05, 0.1) is 11.1 Å². The molecule has 2 aromatic heterocycles. The third kappa shape index (κ3) is 1.80. The number of hydrogen-bond donors (Lipinski definition) is 0. The van der Waals surface area contributed by atoms with Crippen LogP contribution in [0.3, 0.4) is 0 Å². The Kier molecular flexibility index (Phi) is 2.54. The molecule has 0 saturated carbocycles. The highest BCUT2D eigenvalue weighted by molar-refractivity contribution is 7.09. The molecule has 0 aliphatic rings. The summed E-state index contributed by atoms with van der Waals surface area (Å²) in [7, 11) is 0. The van der Waals surface area contributed by atoms with E-state index in [0.29, 0.717) is 5.92 Å². The van der Waals surface area contributed by atoms with Crippen molar-refractivity contribution < 1.29 is 0 Å². The predicted molar refractivity (Wildman–Crippen MR) is 57.2 cm³/mol. The Morgan fingerprint density at radius 2 is 2.07 bits per heavy atom. The minimum absolute atomic E-state index is 0.476. The van der Waals surface area contributed by atoms with Crippen molar-refractivity contribution in [2.24, 2.45) is 0 Å². The molecule has 0 spiro atoms. The van der Waals surface area contributed by atoms with Crippen molar-refractivity contribution in [2.75, 3.05) is 0 Å². The van der Waals surface area contributed by atoms with Crippen LogP contribution in [0.15, 0.2) is 24.5 Å². The van der Waals surface area contributed by atoms with Crippen molar-refractivity contribution in [1.82, 2.24) is 14.6 Å². The smallest absolute Gasteiger partial charge is 0.0769 e. The van der Waals surface area contributed by atoms with Gasteiger partial charge in [0.2, 0.25) is 0 Å². The first-order chi connectivity index (χ1) is 6.77. The van der Waals surface area contributed by atoms with Gasteiger partial charge in [0.25, 0.3) is 0 Å². The van der Waals surface area contributed by atoms with Gasteiger partial charge in [-0.2, -0.15) is 0 Å². The van der Waals surface area contributed by atoms with Gasteiger partial charge in [-0.3, -0.25) is 4.98 Å². The zero-order chi connectivity index (χ0) is 9.97. The summed E-state index contributed by atoms with van der Waals surface area (Å²) in [4.78, 5) is 5.45. The third-order valence-corrected chi connectivity index (χ3v) is 2.74. The summed E-state index contributed by atoms with van der Waals surface area (Å²) in [6, 6.07) is 4.12. The molecule has 3 nitrogen and oxygen atoms in total. The number of pyridine rings is 1. The summed E-state index contributed by atoms with van der Waals surface area (Å²) in [5.41, 5.74) is 2.20. The molecule has 2 rings (SSSR count). The van der Waals surface area contributed by atoms with Crippen LogP contribution < -0.4 is 0 Å². The second-order valence-corrected chi connectivity index (χ2v) is 4.19. The molecule has 0 atom stereocenters. The highest BCUT2D eigenvalue weighted by atomic mass is 32.1. The molecular formula is C10H11N3S. The van der Waals surface area contributed by atoms with E-state index in [9.17, 15) is 0 Å². The fraction of sp³-hybridized carbons (Fsp3) is 0.300. The Hall–Kier alpha value is -1.29. The van der Waals surface area contributed by atoms with E-state index in [1.807, 2.05) is 6.20 Å². The molecule has 0 aromatic carbocycles. The average molecular weight is 205 g/mol. The van der Waals surface area contributed by atoms with Gasteiger partial charge < -0.3 is 0 Å². The van der Waals surface area contributed by atoms with Gasteiger partial charge in [-0.1, -0.05) is 24.4 Å². The molecule has 72 valence electrons. The van der Waals surface area contributed by atoms with Gasteiger partial charge in [0, 0.05) is 17.5 Å². The molecule has 2 aromatic rings. The molecule has 0 N–H and O–H groups in total. The van der Waals surface area contributed by atoms with Crippen LogP contribution in [0.2, 0.25) is 0 Å². The number of rotatable bonds is 2. The zero-order valence-electron chi connectivity index (χ0n) is 8.14. The van der Waals surface area contributed by atoms with Crippen molar-refractivity contribution in [3.63, 3.8) is 0 Å². The first-order valence-electron chi connectivity index (χ1n) is 4.51. The highest BCUT2D eigenvalue weighted by Gasteiger charge is 2.03. The Balaban J connectivity index is 2.31. The quantitative estimate of drug-likeness (QED) is 0.756. The lowest BCUT2D eigenvalue weighted by molar-refractivity contribution is 0.823. The molecule has 2 heterocycles. The van der Waals surface area contributed by atoms with E-state index in [4.69, 9.17) is 0 Å². The van der Waals surface area contributed by atoms with Gasteiger partial charge >= 0.3 is 0 Å². The molecule has 14 heavy (non-hydrogen) atoms. The van der Waals surface area contributed by atoms with E-state index in [-0.39, 0.29) is 0 Å². The van der Waals surface area contributed by atoms with Gasteiger partial charge in [-0.25, -0.2) is 0 Å². The average Bonchev–Trinajstić information content (AvgIpc) is 2.71. The van der Waals surface area contributed by atoms with Crippen LogP contribution in [0.25, 0.3) is 10.4 Å². The van der Waals surface area contributed by atoms with Crippen LogP contribution in [0.1, 0.15) is 25.5 Å². The minimum Gasteiger partial charge on any atom is -0.260 e. The van der Waals surface area contributed by atoms with Gasteiger partial charge in [0.1, 0.15) is 0 Å². The summed E-state index contributed by atoms with van der Waals surface area (Å²) in [5.74, 6) is 0.476. The molecule has 0 saturated heterocycles. The zero-order valence-corrected chi connectivity index (χ0v) is 8.95. The van der Waals surface area contributed by atoms with E-state index < -0.39 is 0 Å². The first-order valence-corrected chi connectivity index (χ1v) is 5.28. The van der Waals surface area contributed by atoms with E-state index in [2.05, 4.69) is 40.6 Å². The lowest BCUT2D eigenvalue weighted by Gasteiger charge is -2.03. The van der Waals surface area contributed by atoms with Crippen molar-refractivity contribution in [2.45, 2.75) is 19.8 Å². The SMILES string of the molecule is CC(C)c1ccc(-c2cnns2)cn1. The normalized spacial score (nSPS) is 10.8. The molecular weight excluding hydrogens is 194 g/mol. The molecule has 0 fully saturated rings. The van der Waals surface area contributed by atoms with Crippen molar-refractivity contribution >= 4 is 11.5 Å². The van der Waals surface area contributed by atoms with Crippen LogP contribution in [-0.2, 0) is 0 Å². The second kappa shape index (κ2) is 3.84. The maximum absolute atomic E-state index is 4.39. The maximum atomic E-state index is 4.39. The van der Waals surface area contributed by atoms with Crippen molar-refractivity contribution in [3.05, 3.63) is 30.2 Å². The molecule has 0 bridgehead atoms. The fourth-order valence-electron chi connectivity index (χ4n) is 1.19. The van der Waals surface area contributed by atoms with Crippen molar-refractivity contribution in [1.29, 1.82) is 0 Å². The van der Waals surface area contributed by atoms with Crippen LogP contribution in [-0.4, -0.2) is 14.6 Å². The Bertz CT molecular complexity index is 392. The first kappa shape index (κ1) is 9.27. The predicted octanol–water partition coefficient (Wildman–Crippen LogP) is 2.72.